The summed E-state index contributed by atoms with van der Waals surface area (Å²) in [6.45, 7) is 0.746. The van der Waals surface area contributed by atoms with Crippen molar-refractivity contribution in [3.8, 4) is 23.0 Å². The molecule has 0 atom stereocenters. The van der Waals surface area contributed by atoms with E-state index in [1.807, 2.05) is 17.5 Å². The number of nitrogens with one attached hydrogen (secondary N) is 1. The maximum Gasteiger partial charge on any atom is 0.251 e. The predicted molar refractivity (Wildman–Crippen MR) is 112 cm³/mol. The van der Waals surface area contributed by atoms with E-state index in [9.17, 15) is 4.79 Å². The number of hydrogen-bond donors (Lipinski definition) is 2. The summed E-state index contributed by atoms with van der Waals surface area (Å²) >= 11 is 1.54. The molecule has 3 rings (SSSR count). The van der Waals surface area contributed by atoms with E-state index in [-0.39, 0.29) is 12.5 Å². The molecule has 2 aromatic carbocycles. The Hall–Kier alpha value is -3.10. The van der Waals surface area contributed by atoms with Gasteiger partial charge in [0, 0.05) is 30.5 Å². The second-order valence-electron chi connectivity index (χ2n) is 6.09. The van der Waals surface area contributed by atoms with Crippen molar-refractivity contribution in [2.24, 2.45) is 5.73 Å². The van der Waals surface area contributed by atoms with Gasteiger partial charge in [-0.15, -0.1) is 11.3 Å². The van der Waals surface area contributed by atoms with Crippen LogP contribution in [-0.4, -0.2) is 31.7 Å². The molecule has 0 aliphatic rings. The molecule has 0 spiro atoms. The highest BCUT2D eigenvalue weighted by Crippen LogP contribution is 2.36. The molecule has 0 radical (unpaired) electrons. The Morgan fingerprint density at radius 1 is 1.10 bits per heavy atom. The normalized spacial score (nSPS) is 10.4. The molecule has 0 bridgehead atoms. The van der Waals surface area contributed by atoms with Crippen LogP contribution in [0, 0.1) is 0 Å². The molecule has 3 aromatic rings. The minimum absolute atomic E-state index is 0.197. The maximum absolute atomic E-state index is 12.5. The molecule has 0 saturated heterocycles. The van der Waals surface area contributed by atoms with Crippen molar-refractivity contribution in [3.05, 3.63) is 64.1 Å². The highest BCUT2D eigenvalue weighted by molar-refractivity contribution is 7.07. The van der Waals surface area contributed by atoms with E-state index in [0.29, 0.717) is 41.5 Å². The van der Waals surface area contributed by atoms with Crippen molar-refractivity contribution >= 4 is 17.2 Å². The van der Waals surface area contributed by atoms with Crippen LogP contribution in [0.1, 0.15) is 21.6 Å². The van der Waals surface area contributed by atoms with Gasteiger partial charge in [-0.3, -0.25) is 4.79 Å². The number of ether oxygens (including phenoxy) is 3. The first-order valence-corrected chi connectivity index (χ1v) is 9.97. The van der Waals surface area contributed by atoms with Crippen LogP contribution in [0.5, 0.6) is 23.0 Å². The Bertz CT molecular complexity index is 961. The molecule has 152 valence electrons. The van der Waals surface area contributed by atoms with Crippen molar-refractivity contribution in [1.29, 1.82) is 0 Å². The first kappa shape index (κ1) is 20.6. The molecule has 0 saturated carbocycles. The third kappa shape index (κ3) is 5.04. The molecule has 0 aliphatic carbocycles. The van der Waals surface area contributed by atoms with E-state index in [2.05, 4.69) is 10.3 Å². The summed E-state index contributed by atoms with van der Waals surface area (Å²) in [7, 11) is 3.13. The van der Waals surface area contributed by atoms with Gasteiger partial charge in [0.25, 0.3) is 5.91 Å². The number of methoxy groups -OCH3 is 2. The molecule has 0 fully saturated rings. The van der Waals surface area contributed by atoms with Crippen molar-refractivity contribution < 1.29 is 19.0 Å². The largest absolute Gasteiger partial charge is 0.496 e. The maximum atomic E-state index is 12.5. The molecule has 1 amide bonds. The summed E-state index contributed by atoms with van der Waals surface area (Å²) in [5.74, 6) is 1.92. The third-order valence-corrected chi connectivity index (χ3v) is 4.95. The van der Waals surface area contributed by atoms with E-state index in [1.165, 1.54) is 11.3 Å². The number of thiazole rings is 1. The van der Waals surface area contributed by atoms with Crippen LogP contribution in [0.3, 0.4) is 0 Å². The summed E-state index contributed by atoms with van der Waals surface area (Å²) in [5, 5.41) is 4.86. The Morgan fingerprint density at radius 2 is 1.90 bits per heavy atom. The van der Waals surface area contributed by atoms with Gasteiger partial charge in [0.2, 0.25) is 0 Å². The quantitative estimate of drug-likeness (QED) is 0.558. The second-order valence-corrected chi connectivity index (χ2v) is 6.81. The monoisotopic (exact) mass is 413 g/mol. The first-order chi connectivity index (χ1) is 14.2. The lowest BCUT2D eigenvalue weighted by Crippen LogP contribution is -2.25. The van der Waals surface area contributed by atoms with Gasteiger partial charge in [-0.1, -0.05) is 6.07 Å². The fourth-order valence-electron chi connectivity index (χ4n) is 2.82. The van der Waals surface area contributed by atoms with Gasteiger partial charge in [-0.25, -0.2) is 4.98 Å². The zero-order valence-electron chi connectivity index (χ0n) is 16.3. The fraction of sp³-hybridized carbons (Fsp3) is 0.238. The topological polar surface area (TPSA) is 95.7 Å². The van der Waals surface area contributed by atoms with Crippen LogP contribution < -0.4 is 25.3 Å². The molecule has 8 heteroatoms. The van der Waals surface area contributed by atoms with Crippen LogP contribution in [-0.2, 0) is 13.0 Å². The number of carbonyl (C=O) groups is 1. The van der Waals surface area contributed by atoms with Gasteiger partial charge in [0.1, 0.15) is 11.5 Å². The second kappa shape index (κ2) is 9.90. The third-order valence-electron chi connectivity index (χ3n) is 4.31. The van der Waals surface area contributed by atoms with Crippen LogP contribution in [0.2, 0.25) is 0 Å². The number of benzene rings is 2. The van der Waals surface area contributed by atoms with Gasteiger partial charge < -0.3 is 25.3 Å². The SMILES string of the molecule is COc1ccc(C(=O)NCCc2cscn2)cc1Oc1cccc(OC)c1CN. The highest BCUT2D eigenvalue weighted by atomic mass is 32.1. The summed E-state index contributed by atoms with van der Waals surface area (Å²) in [4.78, 5) is 16.7. The van der Waals surface area contributed by atoms with Gasteiger partial charge in [-0.2, -0.15) is 0 Å². The van der Waals surface area contributed by atoms with E-state index < -0.39 is 0 Å². The van der Waals surface area contributed by atoms with Crippen molar-refractivity contribution in [1.82, 2.24) is 10.3 Å². The molecule has 1 aromatic heterocycles. The van der Waals surface area contributed by atoms with Gasteiger partial charge >= 0.3 is 0 Å². The van der Waals surface area contributed by atoms with Crippen LogP contribution in [0.25, 0.3) is 0 Å². The standard InChI is InChI=1S/C21H23N3O4S/c1-26-17-4-3-5-18(16(17)11-22)28-20-10-14(6-7-19(20)27-2)21(25)23-9-8-15-12-29-13-24-15/h3-7,10,12-13H,8-9,11,22H2,1-2H3,(H,23,25). The number of hydrogen-bond acceptors (Lipinski definition) is 7. The lowest BCUT2D eigenvalue weighted by molar-refractivity contribution is 0.0953. The number of nitrogens with zero attached hydrogens (tertiary/aromatic N) is 1. The number of amides is 1. The first-order valence-electron chi connectivity index (χ1n) is 9.03. The molecule has 29 heavy (non-hydrogen) atoms. The smallest absolute Gasteiger partial charge is 0.251 e. The summed E-state index contributed by atoms with van der Waals surface area (Å²) in [6, 6.07) is 10.5. The molecular weight excluding hydrogens is 390 g/mol. The number of nitrogens with two attached hydrogens (primary N) is 1. The predicted octanol–water partition coefficient (Wildman–Crippen LogP) is 3.38. The van der Waals surface area contributed by atoms with Crippen molar-refractivity contribution in [2.75, 3.05) is 20.8 Å². The molecule has 7 nitrogen and oxygen atoms in total. The summed E-state index contributed by atoms with van der Waals surface area (Å²) in [6.07, 6.45) is 0.679. The molecule has 0 unspecified atom stereocenters. The van der Waals surface area contributed by atoms with E-state index >= 15 is 0 Å². The zero-order chi connectivity index (χ0) is 20.6. The Morgan fingerprint density at radius 3 is 2.59 bits per heavy atom. The lowest BCUT2D eigenvalue weighted by atomic mass is 10.1. The van der Waals surface area contributed by atoms with E-state index in [0.717, 1.165) is 11.3 Å². The minimum atomic E-state index is -0.197. The van der Waals surface area contributed by atoms with E-state index in [4.69, 9.17) is 19.9 Å². The van der Waals surface area contributed by atoms with Crippen LogP contribution in [0.15, 0.2) is 47.3 Å². The number of rotatable bonds is 9. The van der Waals surface area contributed by atoms with Crippen LogP contribution in [0.4, 0.5) is 0 Å². The lowest BCUT2D eigenvalue weighted by Gasteiger charge is -2.16. The zero-order valence-corrected chi connectivity index (χ0v) is 17.1. The van der Waals surface area contributed by atoms with Gasteiger partial charge in [-0.05, 0) is 30.3 Å². The van der Waals surface area contributed by atoms with Crippen molar-refractivity contribution in [3.63, 3.8) is 0 Å². The van der Waals surface area contributed by atoms with Gasteiger partial charge in [0.05, 0.1) is 31.0 Å². The van der Waals surface area contributed by atoms with E-state index in [1.54, 1.807) is 44.0 Å². The minimum Gasteiger partial charge on any atom is -0.496 e. The summed E-state index contributed by atoms with van der Waals surface area (Å²) in [5.41, 5.74) is 9.80. The van der Waals surface area contributed by atoms with Crippen molar-refractivity contribution in [2.45, 2.75) is 13.0 Å². The molecular formula is C21H23N3O4S. The molecule has 0 aliphatic heterocycles. The Labute approximate surface area is 173 Å². The Kier molecular flexibility index (Phi) is 7.04. The highest BCUT2D eigenvalue weighted by Gasteiger charge is 2.15. The fourth-order valence-corrected chi connectivity index (χ4v) is 3.41. The van der Waals surface area contributed by atoms with Gasteiger partial charge in [0.15, 0.2) is 11.5 Å². The Balaban J connectivity index is 1.77. The number of carbonyl (C=O) groups excluding carboxylic acids is 1. The average molecular weight is 413 g/mol. The average Bonchev–Trinajstić information content (AvgIpc) is 3.27. The summed E-state index contributed by atoms with van der Waals surface area (Å²) < 4.78 is 16.8. The number of aromatic nitrogens is 1. The molecule has 3 N–H and O–H groups in total. The van der Waals surface area contributed by atoms with Crippen LogP contribution >= 0.6 is 11.3 Å². The molecule has 1 heterocycles.